The first-order chi connectivity index (χ1) is 14.3. The number of anilines is 1. The minimum Gasteiger partial charge on any atom is -0.473 e. The summed E-state index contributed by atoms with van der Waals surface area (Å²) in [5, 5.41) is 0.856. The Hall–Kier alpha value is -2.54. The second-order valence-corrected chi connectivity index (χ2v) is 8.78. The third-order valence-corrected chi connectivity index (χ3v) is 6.92. The van der Waals surface area contributed by atoms with Crippen molar-refractivity contribution < 1.29 is 9.53 Å². The maximum atomic E-state index is 13.0. The Kier molecular flexibility index (Phi) is 5.14. The molecule has 0 N–H and O–H groups in total. The number of benzene rings is 1. The third-order valence-electron chi connectivity index (χ3n) is 5.85. The second-order valence-electron chi connectivity index (χ2n) is 7.80. The Morgan fingerprint density at radius 2 is 2.00 bits per heavy atom. The molecule has 0 radical (unpaired) electrons. The number of Topliss-reactive ketones (excluding diaryl/α,β-unsaturated/α-hetero) is 1. The molecule has 0 unspecified atom stereocenters. The molecule has 1 saturated carbocycles. The Labute approximate surface area is 174 Å². The van der Waals surface area contributed by atoms with Crippen molar-refractivity contribution in [2.45, 2.75) is 57.1 Å². The molecular formula is C22H24N4O2S. The summed E-state index contributed by atoms with van der Waals surface area (Å²) >= 11 is 1.55. The number of hydrogen-bond donors (Lipinski definition) is 0. The van der Waals surface area contributed by atoms with E-state index in [-0.39, 0.29) is 12.1 Å². The maximum Gasteiger partial charge on any atom is 0.236 e. The van der Waals surface area contributed by atoms with Gasteiger partial charge in [0.05, 0.1) is 6.04 Å². The summed E-state index contributed by atoms with van der Waals surface area (Å²) in [6, 6.07) is 10.1. The van der Waals surface area contributed by atoms with Crippen LogP contribution < -0.4 is 9.64 Å². The summed E-state index contributed by atoms with van der Waals surface area (Å²) in [4.78, 5) is 28.5. The summed E-state index contributed by atoms with van der Waals surface area (Å²) in [5.74, 6) is 0.928. The van der Waals surface area contributed by atoms with Gasteiger partial charge in [0.25, 0.3) is 0 Å². The highest BCUT2D eigenvalue weighted by Crippen LogP contribution is 2.37. The number of hydrogen-bond acceptors (Lipinski definition) is 7. The van der Waals surface area contributed by atoms with Crippen LogP contribution in [0.4, 0.5) is 5.13 Å². The number of ketones is 1. The summed E-state index contributed by atoms with van der Waals surface area (Å²) in [7, 11) is 0. The van der Waals surface area contributed by atoms with Crippen molar-refractivity contribution in [3.63, 3.8) is 0 Å². The first-order valence-electron chi connectivity index (χ1n) is 10.4. The zero-order chi connectivity index (χ0) is 19.6. The monoisotopic (exact) mass is 408 g/mol. The standard InChI is InChI=1S/C22H24N4O2S/c27-18(12-11-15-6-2-1-3-7-15)17-10-5-13-26(17)22-25-20-19(29-22)21(24-14-23-20)28-16-8-4-9-16/h1-3,6-7,14,16-17H,4-5,8-13H2/t17-/m1/s1. The normalized spacial score (nSPS) is 19.4. The van der Waals surface area contributed by atoms with Crippen LogP contribution in [0.2, 0.25) is 0 Å². The van der Waals surface area contributed by atoms with Crippen molar-refractivity contribution in [2.24, 2.45) is 0 Å². The van der Waals surface area contributed by atoms with Crippen molar-refractivity contribution in [1.29, 1.82) is 0 Å². The molecule has 2 fully saturated rings. The number of rotatable bonds is 7. The fraction of sp³-hybridized carbons (Fsp3) is 0.455. The van der Waals surface area contributed by atoms with Crippen LogP contribution in [0.5, 0.6) is 5.88 Å². The molecule has 1 aliphatic heterocycles. The molecule has 1 atom stereocenters. The molecule has 2 aromatic heterocycles. The molecule has 6 nitrogen and oxygen atoms in total. The van der Waals surface area contributed by atoms with Gasteiger partial charge in [-0.25, -0.2) is 9.97 Å². The van der Waals surface area contributed by atoms with Crippen LogP contribution >= 0.6 is 11.3 Å². The van der Waals surface area contributed by atoms with E-state index in [1.807, 2.05) is 18.2 Å². The Morgan fingerprint density at radius 1 is 1.14 bits per heavy atom. The molecule has 150 valence electrons. The molecule has 1 aliphatic carbocycles. The van der Waals surface area contributed by atoms with E-state index < -0.39 is 0 Å². The van der Waals surface area contributed by atoms with Crippen LogP contribution in [0.1, 0.15) is 44.1 Å². The van der Waals surface area contributed by atoms with Gasteiger partial charge in [-0.1, -0.05) is 41.7 Å². The number of ether oxygens (including phenoxy) is 1. The molecule has 1 aromatic carbocycles. The average Bonchev–Trinajstić information content (AvgIpc) is 3.36. The van der Waals surface area contributed by atoms with E-state index >= 15 is 0 Å². The zero-order valence-corrected chi connectivity index (χ0v) is 17.1. The fourth-order valence-corrected chi connectivity index (χ4v) is 5.01. The zero-order valence-electron chi connectivity index (χ0n) is 16.3. The summed E-state index contributed by atoms with van der Waals surface area (Å²) < 4.78 is 6.92. The van der Waals surface area contributed by atoms with E-state index in [0.717, 1.165) is 48.5 Å². The Bertz CT molecular complexity index is 1000. The highest BCUT2D eigenvalue weighted by atomic mass is 32.1. The lowest BCUT2D eigenvalue weighted by molar-refractivity contribution is -0.120. The van der Waals surface area contributed by atoms with Crippen LogP contribution in [0.25, 0.3) is 10.3 Å². The minimum atomic E-state index is -0.0942. The van der Waals surface area contributed by atoms with E-state index in [0.29, 0.717) is 23.7 Å². The number of carbonyl (C=O) groups excluding carboxylic acids is 1. The molecule has 3 aromatic rings. The number of aryl methyl sites for hydroxylation is 1. The van der Waals surface area contributed by atoms with Gasteiger partial charge in [-0.15, -0.1) is 0 Å². The van der Waals surface area contributed by atoms with Gasteiger partial charge in [0.2, 0.25) is 5.88 Å². The Balaban J connectivity index is 1.33. The predicted octanol–water partition coefficient (Wildman–Crippen LogP) is 4.19. The average molecular weight is 409 g/mol. The fourth-order valence-electron chi connectivity index (χ4n) is 3.99. The van der Waals surface area contributed by atoms with Crippen LogP contribution in [0.3, 0.4) is 0 Å². The van der Waals surface area contributed by atoms with Crippen LogP contribution in [-0.2, 0) is 11.2 Å². The number of carbonyl (C=O) groups is 1. The molecule has 2 aliphatic rings. The van der Waals surface area contributed by atoms with E-state index in [1.165, 1.54) is 18.3 Å². The van der Waals surface area contributed by atoms with Gasteiger partial charge in [0, 0.05) is 13.0 Å². The van der Waals surface area contributed by atoms with Crippen molar-refractivity contribution in [2.75, 3.05) is 11.4 Å². The number of aromatic nitrogens is 3. The van der Waals surface area contributed by atoms with Gasteiger partial charge in [0.15, 0.2) is 16.6 Å². The molecule has 7 heteroatoms. The van der Waals surface area contributed by atoms with Crippen molar-refractivity contribution >= 4 is 32.6 Å². The van der Waals surface area contributed by atoms with Crippen molar-refractivity contribution in [3.8, 4) is 5.88 Å². The summed E-state index contributed by atoms with van der Waals surface area (Å²) in [6.07, 6.45) is 8.41. The van der Waals surface area contributed by atoms with E-state index in [1.54, 1.807) is 11.3 Å². The number of thiazole rings is 1. The third kappa shape index (κ3) is 3.83. The van der Waals surface area contributed by atoms with Crippen LogP contribution in [-0.4, -0.2) is 39.4 Å². The highest BCUT2D eigenvalue weighted by Gasteiger charge is 2.33. The molecule has 1 saturated heterocycles. The first-order valence-corrected chi connectivity index (χ1v) is 11.2. The van der Waals surface area contributed by atoms with Gasteiger partial charge in [-0.3, -0.25) is 4.79 Å². The van der Waals surface area contributed by atoms with Gasteiger partial charge < -0.3 is 9.64 Å². The lowest BCUT2D eigenvalue weighted by Gasteiger charge is -2.25. The predicted molar refractivity (Wildman–Crippen MR) is 114 cm³/mol. The smallest absolute Gasteiger partial charge is 0.236 e. The quantitative estimate of drug-likeness (QED) is 0.584. The van der Waals surface area contributed by atoms with Crippen LogP contribution in [0.15, 0.2) is 36.7 Å². The molecule has 5 rings (SSSR count). The van der Waals surface area contributed by atoms with Crippen molar-refractivity contribution in [1.82, 2.24) is 15.0 Å². The maximum absolute atomic E-state index is 13.0. The molecule has 3 heterocycles. The van der Waals surface area contributed by atoms with E-state index in [2.05, 4.69) is 27.0 Å². The SMILES string of the molecule is O=C(CCc1ccccc1)[C@H]1CCCN1c1nc2ncnc(OC3CCC3)c2s1. The number of nitrogens with zero attached hydrogens (tertiary/aromatic N) is 4. The Morgan fingerprint density at radius 3 is 2.79 bits per heavy atom. The minimum absolute atomic E-state index is 0.0942. The van der Waals surface area contributed by atoms with Gasteiger partial charge in [-0.2, -0.15) is 4.98 Å². The molecule has 0 amide bonds. The van der Waals surface area contributed by atoms with E-state index in [9.17, 15) is 4.79 Å². The molecule has 29 heavy (non-hydrogen) atoms. The van der Waals surface area contributed by atoms with Gasteiger partial charge in [-0.05, 0) is 44.1 Å². The van der Waals surface area contributed by atoms with Crippen molar-refractivity contribution in [3.05, 3.63) is 42.2 Å². The topological polar surface area (TPSA) is 68.2 Å². The lowest BCUT2D eigenvalue weighted by Crippen LogP contribution is -2.36. The summed E-state index contributed by atoms with van der Waals surface area (Å²) in [6.45, 7) is 0.855. The highest BCUT2D eigenvalue weighted by molar-refractivity contribution is 7.22. The molecule has 0 spiro atoms. The van der Waals surface area contributed by atoms with Crippen LogP contribution in [0, 0.1) is 0 Å². The van der Waals surface area contributed by atoms with E-state index in [4.69, 9.17) is 9.72 Å². The van der Waals surface area contributed by atoms with Gasteiger partial charge in [0.1, 0.15) is 17.1 Å². The summed E-state index contributed by atoms with van der Waals surface area (Å²) in [5.41, 5.74) is 1.87. The largest absolute Gasteiger partial charge is 0.473 e. The lowest BCUT2D eigenvalue weighted by atomic mass is 9.96. The van der Waals surface area contributed by atoms with Gasteiger partial charge >= 0.3 is 0 Å². The molecular weight excluding hydrogens is 384 g/mol. The number of fused-ring (bicyclic) bond motifs is 1. The second kappa shape index (κ2) is 8.06. The molecule has 0 bridgehead atoms. The first kappa shape index (κ1) is 18.5.